The molecule has 1 N–H and O–H groups in total. The van der Waals surface area contributed by atoms with Gasteiger partial charge in [0.15, 0.2) is 0 Å². The lowest BCUT2D eigenvalue weighted by atomic mass is 10.2. The van der Waals surface area contributed by atoms with Crippen molar-refractivity contribution < 1.29 is 18.3 Å². The van der Waals surface area contributed by atoms with Crippen molar-refractivity contribution in [1.82, 2.24) is 0 Å². The first-order valence-electron chi connectivity index (χ1n) is 7.44. The van der Waals surface area contributed by atoms with Crippen LogP contribution < -0.4 is 4.74 Å². The van der Waals surface area contributed by atoms with Gasteiger partial charge in [-0.3, -0.25) is 0 Å². The van der Waals surface area contributed by atoms with Gasteiger partial charge in [0.05, 0.1) is 9.79 Å². The Labute approximate surface area is 154 Å². The van der Waals surface area contributed by atoms with Gasteiger partial charge in [-0.25, -0.2) is 8.42 Å². The maximum Gasteiger partial charge on any atom is 0.206 e. The molecule has 0 aromatic heterocycles. The molecule has 0 heterocycles. The second kappa shape index (κ2) is 6.90. The molecule has 3 rings (SSSR count). The van der Waals surface area contributed by atoms with E-state index in [1.807, 2.05) is 25.1 Å². The first-order valence-corrected chi connectivity index (χ1v) is 9.72. The van der Waals surface area contributed by atoms with Crippen molar-refractivity contribution >= 4 is 25.8 Å². The fourth-order valence-electron chi connectivity index (χ4n) is 2.30. The lowest BCUT2D eigenvalue weighted by Crippen LogP contribution is -2.01. The second-order valence-electron chi connectivity index (χ2n) is 5.48. The molecule has 0 aliphatic rings. The number of ether oxygens (including phenoxy) is 1. The molecule has 0 atom stereocenters. The summed E-state index contributed by atoms with van der Waals surface area (Å²) >= 11 is 3.40. The summed E-state index contributed by atoms with van der Waals surface area (Å²) in [5.41, 5.74) is 0.968. The fourth-order valence-corrected chi connectivity index (χ4v) is 4.04. The highest BCUT2D eigenvalue weighted by Gasteiger charge is 2.17. The van der Waals surface area contributed by atoms with Crippen LogP contribution in [0.4, 0.5) is 0 Å². The molecule has 0 unspecified atom stereocenters. The van der Waals surface area contributed by atoms with Gasteiger partial charge in [-0.15, -0.1) is 0 Å². The zero-order valence-electron chi connectivity index (χ0n) is 13.3. The molecule has 25 heavy (non-hydrogen) atoms. The molecule has 0 saturated heterocycles. The Bertz CT molecular complexity index is 995. The van der Waals surface area contributed by atoms with Crippen molar-refractivity contribution in [2.45, 2.75) is 16.7 Å². The second-order valence-corrected chi connectivity index (χ2v) is 8.35. The minimum absolute atomic E-state index is 0.0209. The molecule has 0 aliphatic carbocycles. The van der Waals surface area contributed by atoms with Crippen LogP contribution in [0.3, 0.4) is 0 Å². The van der Waals surface area contributed by atoms with E-state index in [1.54, 1.807) is 12.1 Å². The summed E-state index contributed by atoms with van der Waals surface area (Å²) in [6, 6.07) is 17.4. The van der Waals surface area contributed by atoms with Crippen molar-refractivity contribution in [2.24, 2.45) is 0 Å². The molecule has 0 fully saturated rings. The maximum absolute atomic E-state index is 12.6. The molecular weight excluding hydrogens is 404 g/mol. The summed E-state index contributed by atoms with van der Waals surface area (Å²) in [4.78, 5) is 0.292. The van der Waals surface area contributed by atoms with Crippen LogP contribution >= 0.6 is 15.9 Å². The molecular formula is C19H15BrO4S. The summed E-state index contributed by atoms with van der Waals surface area (Å²) in [6.07, 6.45) is 0. The SMILES string of the molecule is Cc1cc(Br)ccc1Oc1ccc(S(=O)(=O)c2ccc(O)cc2)cc1. The number of phenolic OH excluding ortho intramolecular Hbond substituents is 1. The molecule has 0 radical (unpaired) electrons. The third-order valence-electron chi connectivity index (χ3n) is 3.65. The van der Waals surface area contributed by atoms with Crippen LogP contribution in [0.2, 0.25) is 0 Å². The standard InChI is InChI=1S/C19H15BrO4S/c1-13-12-14(20)2-11-19(13)24-16-5-9-18(10-6-16)25(22,23)17-7-3-15(21)4-8-17/h2-12,21H,1H3. The minimum atomic E-state index is -3.63. The van der Waals surface area contributed by atoms with E-state index < -0.39 is 9.84 Å². The molecule has 0 amide bonds. The van der Waals surface area contributed by atoms with E-state index in [-0.39, 0.29) is 15.5 Å². The van der Waals surface area contributed by atoms with Gasteiger partial charge in [0, 0.05) is 4.47 Å². The van der Waals surface area contributed by atoms with Gasteiger partial charge in [0.1, 0.15) is 17.2 Å². The van der Waals surface area contributed by atoms with Crippen molar-refractivity contribution in [3.05, 3.63) is 76.8 Å². The van der Waals surface area contributed by atoms with E-state index in [4.69, 9.17) is 4.74 Å². The maximum atomic E-state index is 12.6. The zero-order valence-corrected chi connectivity index (χ0v) is 15.7. The predicted octanol–water partition coefficient (Wildman–Crippen LogP) is 5.09. The highest BCUT2D eigenvalue weighted by Crippen LogP contribution is 2.29. The molecule has 6 heteroatoms. The number of aromatic hydroxyl groups is 1. The minimum Gasteiger partial charge on any atom is -0.508 e. The Hall–Kier alpha value is -2.31. The Kier molecular flexibility index (Phi) is 4.83. The van der Waals surface area contributed by atoms with Crippen molar-refractivity contribution in [3.63, 3.8) is 0 Å². The first-order chi connectivity index (χ1) is 11.9. The van der Waals surface area contributed by atoms with E-state index in [2.05, 4.69) is 15.9 Å². The molecule has 0 saturated carbocycles. The summed E-state index contributed by atoms with van der Waals surface area (Å²) < 4.78 is 31.9. The van der Waals surface area contributed by atoms with E-state index in [0.717, 1.165) is 10.0 Å². The number of halogens is 1. The number of phenols is 1. The van der Waals surface area contributed by atoms with Crippen LogP contribution in [0.15, 0.2) is 81.0 Å². The Morgan fingerprint density at radius 1 is 0.880 bits per heavy atom. The molecule has 128 valence electrons. The van der Waals surface area contributed by atoms with E-state index in [9.17, 15) is 13.5 Å². The lowest BCUT2D eigenvalue weighted by Gasteiger charge is -2.10. The fraction of sp³-hybridized carbons (Fsp3) is 0.0526. The van der Waals surface area contributed by atoms with Crippen LogP contribution in [0, 0.1) is 6.92 Å². The quantitative estimate of drug-likeness (QED) is 0.640. The molecule has 0 aliphatic heterocycles. The van der Waals surface area contributed by atoms with Crippen LogP contribution in [0.5, 0.6) is 17.2 Å². The van der Waals surface area contributed by atoms with Crippen LogP contribution in [-0.2, 0) is 9.84 Å². The summed E-state index contributed by atoms with van der Waals surface area (Å²) in [5, 5.41) is 9.29. The highest BCUT2D eigenvalue weighted by atomic mass is 79.9. The number of rotatable bonds is 4. The monoisotopic (exact) mass is 418 g/mol. The third-order valence-corrected chi connectivity index (χ3v) is 5.92. The predicted molar refractivity (Wildman–Crippen MR) is 99.0 cm³/mol. The van der Waals surface area contributed by atoms with Gasteiger partial charge < -0.3 is 9.84 Å². The van der Waals surface area contributed by atoms with Crippen LogP contribution in [0.25, 0.3) is 0 Å². The highest BCUT2D eigenvalue weighted by molar-refractivity contribution is 9.10. The average Bonchev–Trinajstić information content (AvgIpc) is 2.58. The Balaban J connectivity index is 1.85. The van der Waals surface area contributed by atoms with Gasteiger partial charge in [-0.1, -0.05) is 15.9 Å². The van der Waals surface area contributed by atoms with Crippen molar-refractivity contribution in [3.8, 4) is 17.2 Å². The Morgan fingerprint density at radius 3 is 2.00 bits per heavy atom. The summed E-state index contributed by atoms with van der Waals surface area (Å²) in [7, 11) is -3.63. The molecule has 4 nitrogen and oxygen atoms in total. The zero-order chi connectivity index (χ0) is 18.0. The molecule has 0 spiro atoms. The number of aryl methyl sites for hydroxylation is 1. The topological polar surface area (TPSA) is 63.6 Å². The average molecular weight is 419 g/mol. The molecule has 3 aromatic carbocycles. The van der Waals surface area contributed by atoms with E-state index in [0.29, 0.717) is 11.5 Å². The summed E-state index contributed by atoms with van der Waals surface area (Å²) in [5.74, 6) is 1.28. The Morgan fingerprint density at radius 2 is 1.44 bits per heavy atom. The first kappa shape index (κ1) is 17.5. The number of hydrogen-bond donors (Lipinski definition) is 1. The normalized spacial score (nSPS) is 11.3. The number of benzene rings is 3. The van der Waals surface area contributed by atoms with Gasteiger partial charge in [-0.05, 0) is 79.2 Å². The van der Waals surface area contributed by atoms with E-state index >= 15 is 0 Å². The van der Waals surface area contributed by atoms with Crippen LogP contribution in [-0.4, -0.2) is 13.5 Å². The molecule has 3 aromatic rings. The van der Waals surface area contributed by atoms with Crippen molar-refractivity contribution in [1.29, 1.82) is 0 Å². The van der Waals surface area contributed by atoms with Gasteiger partial charge >= 0.3 is 0 Å². The molecule has 0 bridgehead atoms. The smallest absolute Gasteiger partial charge is 0.206 e. The largest absolute Gasteiger partial charge is 0.508 e. The summed E-state index contributed by atoms with van der Waals surface area (Å²) in [6.45, 7) is 1.93. The number of hydrogen-bond acceptors (Lipinski definition) is 4. The van der Waals surface area contributed by atoms with Gasteiger partial charge in [-0.2, -0.15) is 0 Å². The van der Waals surface area contributed by atoms with Crippen LogP contribution in [0.1, 0.15) is 5.56 Å². The van der Waals surface area contributed by atoms with Crippen molar-refractivity contribution in [2.75, 3.05) is 0 Å². The number of sulfone groups is 1. The van der Waals surface area contributed by atoms with Gasteiger partial charge in [0.2, 0.25) is 9.84 Å². The van der Waals surface area contributed by atoms with Gasteiger partial charge in [0.25, 0.3) is 0 Å². The van der Waals surface area contributed by atoms with E-state index in [1.165, 1.54) is 36.4 Å². The lowest BCUT2D eigenvalue weighted by molar-refractivity contribution is 0.475. The third kappa shape index (κ3) is 3.86.